The minimum absolute atomic E-state index is 0.0587. The van der Waals surface area contributed by atoms with Crippen molar-refractivity contribution >= 4 is 11.9 Å². The highest BCUT2D eigenvalue weighted by Gasteiger charge is 2.34. The maximum absolute atomic E-state index is 12.6. The molecular formula is C21H27N3O4. The number of hydrogen-bond donors (Lipinski definition) is 1. The third-order valence-corrected chi connectivity index (χ3v) is 5.06. The van der Waals surface area contributed by atoms with Crippen LogP contribution in [0.5, 0.6) is 0 Å². The molecule has 0 bridgehead atoms. The number of nitrogens with zero attached hydrogens (tertiary/aromatic N) is 3. The van der Waals surface area contributed by atoms with Crippen molar-refractivity contribution in [2.45, 2.75) is 58.4 Å². The van der Waals surface area contributed by atoms with Crippen LogP contribution in [0.3, 0.4) is 0 Å². The summed E-state index contributed by atoms with van der Waals surface area (Å²) in [6.45, 7) is 6.15. The van der Waals surface area contributed by atoms with Crippen LogP contribution in [0.25, 0.3) is 11.4 Å². The first-order valence-corrected chi connectivity index (χ1v) is 9.80. The quantitative estimate of drug-likeness (QED) is 0.709. The van der Waals surface area contributed by atoms with E-state index < -0.39 is 11.9 Å². The maximum Gasteiger partial charge on any atom is 0.308 e. The highest BCUT2D eigenvalue weighted by molar-refractivity contribution is 5.78. The van der Waals surface area contributed by atoms with Gasteiger partial charge in [0, 0.05) is 31.0 Å². The molecule has 1 saturated carbocycles. The van der Waals surface area contributed by atoms with Crippen molar-refractivity contribution in [3.05, 3.63) is 35.7 Å². The lowest BCUT2D eigenvalue weighted by Crippen LogP contribution is -2.38. The van der Waals surface area contributed by atoms with E-state index in [0.29, 0.717) is 24.1 Å². The molecule has 7 nitrogen and oxygen atoms in total. The van der Waals surface area contributed by atoms with E-state index in [1.54, 1.807) is 11.8 Å². The summed E-state index contributed by atoms with van der Waals surface area (Å²) in [5.41, 5.74) is 2.12. The number of rotatable bonds is 9. The van der Waals surface area contributed by atoms with Crippen molar-refractivity contribution < 1.29 is 19.2 Å². The number of carbonyl (C=O) groups excluding carboxylic acids is 1. The Balaban J connectivity index is 1.58. The highest BCUT2D eigenvalue weighted by Crippen LogP contribution is 2.28. The SMILES string of the molecule is CC(CN(C(=O)CCc1nc(-c2ccc(C(C)C)cc2)no1)C1CC1)C(=O)O. The van der Waals surface area contributed by atoms with Crippen molar-refractivity contribution in [2.75, 3.05) is 6.54 Å². The monoisotopic (exact) mass is 385 g/mol. The zero-order valence-electron chi connectivity index (χ0n) is 16.6. The van der Waals surface area contributed by atoms with Gasteiger partial charge in [0.25, 0.3) is 0 Å². The molecule has 1 amide bonds. The van der Waals surface area contributed by atoms with Gasteiger partial charge >= 0.3 is 5.97 Å². The average Bonchev–Trinajstić information content (AvgIpc) is 3.40. The minimum Gasteiger partial charge on any atom is -0.481 e. The van der Waals surface area contributed by atoms with Gasteiger partial charge in [-0.05, 0) is 24.3 Å². The number of carboxylic acids is 1. The largest absolute Gasteiger partial charge is 0.481 e. The normalized spacial score (nSPS) is 14.9. The molecule has 1 fully saturated rings. The van der Waals surface area contributed by atoms with Crippen molar-refractivity contribution in [1.29, 1.82) is 0 Å². The molecule has 0 aliphatic heterocycles. The number of benzene rings is 1. The Bertz CT molecular complexity index is 824. The molecule has 1 atom stereocenters. The van der Waals surface area contributed by atoms with Gasteiger partial charge in [-0.2, -0.15) is 4.98 Å². The smallest absolute Gasteiger partial charge is 0.308 e. The number of amides is 1. The van der Waals surface area contributed by atoms with Crippen LogP contribution in [0.1, 0.15) is 57.4 Å². The molecule has 28 heavy (non-hydrogen) atoms. The molecule has 3 rings (SSSR count). The van der Waals surface area contributed by atoms with E-state index in [0.717, 1.165) is 18.4 Å². The van der Waals surface area contributed by atoms with Crippen LogP contribution in [0, 0.1) is 5.92 Å². The number of aryl methyl sites for hydroxylation is 1. The predicted molar refractivity (Wildman–Crippen MR) is 104 cm³/mol. The second-order valence-electron chi connectivity index (χ2n) is 7.80. The highest BCUT2D eigenvalue weighted by atomic mass is 16.5. The molecule has 1 unspecified atom stereocenters. The topological polar surface area (TPSA) is 96.5 Å². The standard InChI is InChI=1S/C21H27N3O4/c1-13(2)15-4-6-16(7-5-15)20-22-18(28-23-20)10-11-19(25)24(17-8-9-17)12-14(3)21(26)27/h4-7,13-14,17H,8-12H2,1-3H3,(H,26,27). The van der Waals surface area contributed by atoms with Crippen molar-refractivity contribution in [2.24, 2.45) is 5.92 Å². The molecule has 7 heteroatoms. The first-order valence-electron chi connectivity index (χ1n) is 9.80. The van der Waals surface area contributed by atoms with Crippen molar-refractivity contribution in [3.8, 4) is 11.4 Å². The molecule has 1 heterocycles. The zero-order valence-corrected chi connectivity index (χ0v) is 16.6. The molecule has 1 N–H and O–H groups in total. The average molecular weight is 385 g/mol. The number of carboxylic acid groups (broad SMARTS) is 1. The summed E-state index contributed by atoms with van der Waals surface area (Å²) in [5, 5.41) is 13.1. The number of hydrogen-bond acceptors (Lipinski definition) is 5. The van der Waals surface area contributed by atoms with Crippen LogP contribution in [0.2, 0.25) is 0 Å². The minimum atomic E-state index is -0.886. The zero-order chi connectivity index (χ0) is 20.3. The van der Waals surface area contributed by atoms with Gasteiger partial charge in [-0.1, -0.05) is 50.2 Å². The van der Waals surface area contributed by atoms with Gasteiger partial charge in [-0.3, -0.25) is 9.59 Å². The van der Waals surface area contributed by atoms with E-state index in [1.807, 2.05) is 12.1 Å². The van der Waals surface area contributed by atoms with Crippen LogP contribution in [-0.2, 0) is 16.0 Å². The van der Waals surface area contributed by atoms with Gasteiger partial charge in [0.1, 0.15) is 0 Å². The van der Waals surface area contributed by atoms with Gasteiger partial charge in [0.05, 0.1) is 5.92 Å². The second-order valence-corrected chi connectivity index (χ2v) is 7.80. The summed E-state index contributed by atoms with van der Waals surface area (Å²) in [4.78, 5) is 29.8. The first kappa shape index (κ1) is 20.0. The van der Waals surface area contributed by atoms with Gasteiger partial charge in [0.2, 0.25) is 17.6 Å². The van der Waals surface area contributed by atoms with Crippen molar-refractivity contribution in [1.82, 2.24) is 15.0 Å². The van der Waals surface area contributed by atoms with Crippen LogP contribution < -0.4 is 0 Å². The Morgan fingerprint density at radius 3 is 2.46 bits per heavy atom. The molecule has 1 aromatic carbocycles. The summed E-state index contributed by atoms with van der Waals surface area (Å²) < 4.78 is 5.30. The fourth-order valence-electron chi connectivity index (χ4n) is 3.06. The number of aliphatic carboxylic acids is 1. The van der Waals surface area contributed by atoms with Crippen molar-refractivity contribution in [3.63, 3.8) is 0 Å². The Morgan fingerprint density at radius 1 is 1.21 bits per heavy atom. The van der Waals surface area contributed by atoms with Gasteiger partial charge < -0.3 is 14.5 Å². The van der Waals surface area contributed by atoms with Gasteiger partial charge in [-0.15, -0.1) is 0 Å². The van der Waals surface area contributed by atoms with Gasteiger partial charge in [0.15, 0.2) is 0 Å². The van der Waals surface area contributed by atoms with Crippen LogP contribution in [-0.4, -0.2) is 44.6 Å². The Labute approximate surface area is 164 Å². The first-order chi connectivity index (χ1) is 13.3. The third kappa shape index (κ3) is 4.97. The summed E-state index contributed by atoms with van der Waals surface area (Å²) in [6.07, 6.45) is 2.46. The van der Waals surface area contributed by atoms with Gasteiger partial charge in [-0.25, -0.2) is 0 Å². The molecule has 150 valence electrons. The van der Waals surface area contributed by atoms with E-state index in [-0.39, 0.29) is 24.9 Å². The molecular weight excluding hydrogens is 358 g/mol. The molecule has 2 aromatic rings. The molecule has 0 saturated heterocycles. The fraction of sp³-hybridized carbons (Fsp3) is 0.524. The molecule has 1 aromatic heterocycles. The molecule has 1 aliphatic carbocycles. The third-order valence-electron chi connectivity index (χ3n) is 5.06. The van der Waals surface area contributed by atoms with E-state index in [2.05, 4.69) is 36.1 Å². The summed E-state index contributed by atoms with van der Waals surface area (Å²) in [5.74, 6) is -0.137. The van der Waals surface area contributed by atoms with Crippen LogP contribution >= 0.6 is 0 Å². The van der Waals surface area contributed by atoms with E-state index in [9.17, 15) is 9.59 Å². The fourth-order valence-corrected chi connectivity index (χ4v) is 3.06. The van der Waals surface area contributed by atoms with Crippen LogP contribution in [0.4, 0.5) is 0 Å². The van der Waals surface area contributed by atoms with E-state index >= 15 is 0 Å². The number of carbonyl (C=O) groups is 2. The summed E-state index contributed by atoms with van der Waals surface area (Å²) in [6, 6.07) is 8.22. The molecule has 1 aliphatic rings. The summed E-state index contributed by atoms with van der Waals surface area (Å²) >= 11 is 0. The van der Waals surface area contributed by atoms with E-state index in [1.165, 1.54) is 5.56 Å². The lowest BCUT2D eigenvalue weighted by Gasteiger charge is -2.24. The molecule has 0 spiro atoms. The molecule has 0 radical (unpaired) electrons. The lowest BCUT2D eigenvalue weighted by atomic mass is 10.0. The lowest BCUT2D eigenvalue weighted by molar-refractivity contribution is -0.143. The number of aromatic nitrogens is 2. The predicted octanol–water partition coefficient (Wildman–Crippen LogP) is 3.50. The van der Waals surface area contributed by atoms with E-state index in [4.69, 9.17) is 9.63 Å². The Hall–Kier alpha value is -2.70. The second kappa shape index (κ2) is 8.54. The Kier molecular flexibility index (Phi) is 6.11. The Morgan fingerprint density at radius 2 is 1.89 bits per heavy atom. The summed E-state index contributed by atoms with van der Waals surface area (Å²) in [7, 11) is 0. The van der Waals surface area contributed by atoms with Crippen LogP contribution in [0.15, 0.2) is 28.8 Å². The maximum atomic E-state index is 12.6.